The van der Waals surface area contributed by atoms with E-state index in [1.165, 1.54) is 9.80 Å². The third-order valence-corrected chi connectivity index (χ3v) is 5.28. The van der Waals surface area contributed by atoms with Gasteiger partial charge in [0.25, 0.3) is 5.91 Å². The van der Waals surface area contributed by atoms with Crippen molar-refractivity contribution in [3.05, 3.63) is 59.6 Å². The third kappa shape index (κ3) is 4.90. The van der Waals surface area contributed by atoms with Crippen molar-refractivity contribution in [1.29, 1.82) is 0 Å². The second-order valence-corrected chi connectivity index (χ2v) is 7.75. The van der Waals surface area contributed by atoms with Crippen LogP contribution in [0.5, 0.6) is 0 Å². The van der Waals surface area contributed by atoms with Gasteiger partial charge in [-0.3, -0.25) is 4.79 Å². The van der Waals surface area contributed by atoms with Crippen molar-refractivity contribution in [2.24, 2.45) is 0 Å². The summed E-state index contributed by atoms with van der Waals surface area (Å²) in [6, 6.07) is 13.7. The van der Waals surface area contributed by atoms with E-state index in [4.69, 9.17) is 4.52 Å². The molecular formula is C21H28N6O2+2. The Morgan fingerprint density at radius 3 is 2.52 bits per heavy atom. The van der Waals surface area contributed by atoms with Crippen LogP contribution in [-0.2, 0) is 11.3 Å². The highest BCUT2D eigenvalue weighted by atomic mass is 16.5. The minimum Gasteiger partial charge on any atom is -0.361 e. The minimum absolute atomic E-state index is 0.0210. The van der Waals surface area contributed by atoms with Crippen LogP contribution in [0.15, 0.2) is 47.0 Å². The molecule has 1 aromatic carbocycles. The Balaban J connectivity index is 1.30. The first-order valence-corrected chi connectivity index (χ1v) is 10.1. The number of hydrogen-bond donors (Lipinski definition) is 3. The highest BCUT2D eigenvalue weighted by Gasteiger charge is 2.26. The van der Waals surface area contributed by atoms with Crippen molar-refractivity contribution in [1.82, 2.24) is 14.9 Å². The minimum atomic E-state index is 0.0210. The fourth-order valence-electron chi connectivity index (χ4n) is 3.84. The lowest BCUT2D eigenvalue weighted by Gasteiger charge is -2.28. The summed E-state index contributed by atoms with van der Waals surface area (Å²) in [4.78, 5) is 15.4. The quantitative estimate of drug-likeness (QED) is 0.520. The van der Waals surface area contributed by atoms with E-state index in [9.17, 15) is 4.79 Å². The van der Waals surface area contributed by atoms with Crippen LogP contribution in [-0.4, -0.2) is 53.6 Å². The molecule has 1 aliphatic rings. The summed E-state index contributed by atoms with van der Waals surface area (Å²) in [7, 11) is 0. The molecular weight excluding hydrogens is 368 g/mol. The molecule has 4 rings (SSSR count). The van der Waals surface area contributed by atoms with Gasteiger partial charge in [0.05, 0.1) is 11.4 Å². The van der Waals surface area contributed by atoms with Crippen LogP contribution in [0.2, 0.25) is 0 Å². The number of carbonyl (C=O) groups excluding carboxylic acids is 1. The number of nitrogens with one attached hydrogen (secondary N) is 3. The molecule has 8 nitrogen and oxygen atoms in total. The molecule has 1 saturated heterocycles. The molecule has 29 heavy (non-hydrogen) atoms. The molecule has 8 heteroatoms. The Hall–Kier alpha value is -2.97. The zero-order chi connectivity index (χ0) is 20.2. The van der Waals surface area contributed by atoms with E-state index >= 15 is 0 Å². The first-order valence-electron chi connectivity index (χ1n) is 10.1. The zero-order valence-corrected chi connectivity index (χ0v) is 16.9. The number of nitrogens with zero attached hydrogens (tertiary/aromatic N) is 3. The molecule has 1 fully saturated rings. The molecule has 0 bridgehead atoms. The fraction of sp³-hybridized carbons (Fsp3) is 0.381. The third-order valence-electron chi connectivity index (χ3n) is 5.28. The Labute approximate surface area is 170 Å². The number of carbonyl (C=O) groups is 1. The molecule has 3 aromatic rings. The van der Waals surface area contributed by atoms with Crippen molar-refractivity contribution < 1.29 is 19.1 Å². The number of amides is 1. The molecule has 2 aromatic heterocycles. The largest absolute Gasteiger partial charge is 0.361 e. The summed E-state index contributed by atoms with van der Waals surface area (Å²) >= 11 is 0. The molecule has 0 unspecified atom stereocenters. The summed E-state index contributed by atoms with van der Waals surface area (Å²) in [5.41, 5.74) is 2.81. The Bertz CT molecular complexity index is 957. The lowest BCUT2D eigenvalue weighted by Crippen LogP contribution is -3.28. The number of hydrogen-bond acceptors (Lipinski definition) is 4. The summed E-state index contributed by atoms with van der Waals surface area (Å²) in [5.74, 6) is 1.58. The summed E-state index contributed by atoms with van der Waals surface area (Å²) < 4.78 is 6.93. The van der Waals surface area contributed by atoms with Crippen LogP contribution < -0.4 is 15.1 Å². The van der Waals surface area contributed by atoms with E-state index in [2.05, 4.69) is 15.6 Å². The zero-order valence-electron chi connectivity index (χ0n) is 16.9. The molecule has 1 amide bonds. The first-order chi connectivity index (χ1) is 14.1. The second kappa shape index (κ2) is 8.59. The van der Waals surface area contributed by atoms with Crippen LogP contribution in [0.3, 0.4) is 0 Å². The van der Waals surface area contributed by atoms with Gasteiger partial charge in [0.15, 0.2) is 6.54 Å². The van der Waals surface area contributed by atoms with Crippen molar-refractivity contribution in [3.63, 3.8) is 0 Å². The van der Waals surface area contributed by atoms with Gasteiger partial charge in [-0.1, -0.05) is 23.4 Å². The fourth-order valence-corrected chi connectivity index (χ4v) is 3.84. The lowest BCUT2D eigenvalue weighted by molar-refractivity contribution is -1.02. The van der Waals surface area contributed by atoms with Gasteiger partial charge in [-0.15, -0.1) is 0 Å². The average molecular weight is 396 g/mol. The van der Waals surface area contributed by atoms with E-state index < -0.39 is 0 Å². The van der Waals surface area contributed by atoms with Crippen molar-refractivity contribution in [2.45, 2.75) is 20.4 Å². The van der Waals surface area contributed by atoms with Crippen molar-refractivity contribution in [2.75, 3.05) is 38.0 Å². The number of piperazine rings is 1. The van der Waals surface area contributed by atoms with Crippen LogP contribution in [0, 0.1) is 13.8 Å². The maximum absolute atomic E-state index is 12.6. The number of anilines is 1. The molecule has 0 atom stereocenters. The van der Waals surface area contributed by atoms with Crippen LogP contribution >= 0.6 is 0 Å². The molecule has 1 aliphatic heterocycles. The smallest absolute Gasteiger partial charge is 0.280 e. The first kappa shape index (κ1) is 19.4. The molecule has 0 aliphatic carbocycles. The summed E-state index contributed by atoms with van der Waals surface area (Å²) in [6.07, 6.45) is 0. The highest BCUT2D eigenvalue weighted by Crippen LogP contribution is 2.16. The van der Waals surface area contributed by atoms with Crippen molar-refractivity contribution >= 4 is 11.7 Å². The predicted octanol–water partition coefficient (Wildman–Crippen LogP) is -0.601. The van der Waals surface area contributed by atoms with Gasteiger partial charge in [-0.05, 0) is 26.0 Å². The van der Waals surface area contributed by atoms with E-state index in [1.54, 1.807) is 4.68 Å². The van der Waals surface area contributed by atoms with Gasteiger partial charge < -0.3 is 19.6 Å². The number of rotatable bonds is 6. The number of quaternary nitrogens is 2. The van der Waals surface area contributed by atoms with Gasteiger partial charge in [-0.25, -0.2) is 4.68 Å². The molecule has 3 heterocycles. The van der Waals surface area contributed by atoms with Gasteiger partial charge in [0, 0.05) is 12.1 Å². The van der Waals surface area contributed by atoms with Gasteiger partial charge >= 0.3 is 0 Å². The standard InChI is InChI=1S/C21H26N6O2/c1-16-12-20(27(23-16)19-6-4-3-5-7-19)22-21(28)15-26-10-8-25(9-11-26)14-18-13-17(2)29-24-18/h3-7,12-13H,8-11,14-15H2,1-2H3,(H,22,28)/p+2. The normalized spacial score (nSPS) is 19.2. The van der Waals surface area contributed by atoms with Gasteiger partial charge in [0.1, 0.15) is 50.0 Å². The van der Waals surface area contributed by atoms with E-state index in [-0.39, 0.29) is 5.91 Å². The highest BCUT2D eigenvalue weighted by molar-refractivity contribution is 5.91. The molecule has 0 spiro atoms. The average Bonchev–Trinajstić information content (AvgIpc) is 3.29. The SMILES string of the molecule is Cc1cc(NC(=O)C[NH+]2CC[NH+](Cc3cc(C)on3)CC2)n(-c2ccccc2)n1. The number of benzene rings is 1. The Morgan fingerprint density at radius 1 is 1.10 bits per heavy atom. The maximum Gasteiger partial charge on any atom is 0.280 e. The number of aromatic nitrogens is 3. The lowest BCUT2D eigenvalue weighted by atomic mass is 10.2. The Morgan fingerprint density at radius 2 is 1.83 bits per heavy atom. The molecule has 3 N–H and O–H groups in total. The van der Waals surface area contributed by atoms with E-state index in [0.29, 0.717) is 12.4 Å². The predicted molar refractivity (Wildman–Crippen MR) is 108 cm³/mol. The van der Waals surface area contributed by atoms with Crippen molar-refractivity contribution in [3.8, 4) is 5.69 Å². The molecule has 0 saturated carbocycles. The topological polar surface area (TPSA) is 81.8 Å². The van der Waals surface area contributed by atoms with Crippen LogP contribution in [0.1, 0.15) is 17.1 Å². The maximum atomic E-state index is 12.6. The number of aryl methyl sites for hydroxylation is 2. The second-order valence-electron chi connectivity index (χ2n) is 7.75. The molecule has 152 valence electrons. The van der Waals surface area contributed by atoms with E-state index in [1.807, 2.05) is 56.3 Å². The van der Waals surface area contributed by atoms with Gasteiger partial charge in [-0.2, -0.15) is 5.10 Å². The number of para-hydroxylation sites is 1. The van der Waals surface area contributed by atoms with Crippen LogP contribution in [0.4, 0.5) is 5.82 Å². The Kier molecular flexibility index (Phi) is 5.73. The summed E-state index contributed by atoms with van der Waals surface area (Å²) in [5, 5.41) is 11.6. The monoisotopic (exact) mass is 396 g/mol. The summed E-state index contributed by atoms with van der Waals surface area (Å²) in [6.45, 7) is 9.18. The van der Waals surface area contributed by atoms with Crippen LogP contribution in [0.25, 0.3) is 5.69 Å². The van der Waals surface area contributed by atoms with Gasteiger partial charge in [0.2, 0.25) is 0 Å². The van der Waals surface area contributed by atoms with E-state index in [0.717, 1.165) is 55.6 Å². The molecule has 0 radical (unpaired) electrons.